The summed E-state index contributed by atoms with van der Waals surface area (Å²) in [5, 5.41) is 7.53. The second kappa shape index (κ2) is 10.5. The molecule has 7 nitrogen and oxygen atoms in total. The molecule has 0 saturated heterocycles. The van der Waals surface area contributed by atoms with Crippen molar-refractivity contribution in [3.8, 4) is 0 Å². The zero-order valence-corrected chi connectivity index (χ0v) is 17.7. The number of hydrogen-bond acceptors (Lipinski definition) is 4. The number of carbonyl (C=O) groups excluding carboxylic acids is 3. The van der Waals surface area contributed by atoms with E-state index in [1.807, 2.05) is 0 Å². The van der Waals surface area contributed by atoms with E-state index < -0.39 is 29.6 Å². The zero-order chi connectivity index (χ0) is 22.2. The molecule has 0 heterocycles. The van der Waals surface area contributed by atoms with E-state index in [1.54, 1.807) is 51.1 Å². The van der Waals surface area contributed by atoms with Crippen molar-refractivity contribution in [2.24, 2.45) is 0 Å². The van der Waals surface area contributed by atoms with Gasteiger partial charge < -0.3 is 20.7 Å². The molecule has 1 aromatic carbocycles. The predicted octanol–water partition coefficient (Wildman–Crippen LogP) is 3.85. The van der Waals surface area contributed by atoms with Crippen LogP contribution >= 0.6 is 11.6 Å². The Kier molecular flexibility index (Phi) is 8.66. The van der Waals surface area contributed by atoms with Crippen LogP contribution in [0.25, 0.3) is 0 Å². The van der Waals surface area contributed by atoms with E-state index in [0.717, 1.165) is 0 Å². The molecule has 3 N–H and O–H groups in total. The number of hydrogen-bond donors (Lipinski definition) is 3. The van der Waals surface area contributed by atoms with Crippen molar-refractivity contribution < 1.29 is 19.1 Å². The van der Waals surface area contributed by atoms with Gasteiger partial charge in [0.05, 0.1) is 11.3 Å². The summed E-state index contributed by atoms with van der Waals surface area (Å²) < 4.78 is 5.12. The number of alkyl carbamates (subject to hydrolysis) is 1. The number of nitrogens with one attached hydrogen (secondary N) is 3. The lowest BCUT2D eigenvalue weighted by molar-refractivity contribution is -0.122. The number of rotatable bonds is 7. The SMILES string of the molecule is C=CC(NC(=O)C(C)NC(=O)OC(C)(C)C)=C(C(=C)Cl)C(=O)Nc1ccccc1. The lowest BCUT2D eigenvalue weighted by atomic mass is 10.1. The van der Waals surface area contributed by atoms with Crippen LogP contribution in [0.3, 0.4) is 0 Å². The van der Waals surface area contributed by atoms with Crippen LogP contribution in [-0.4, -0.2) is 29.6 Å². The number of ether oxygens (including phenoxy) is 1. The van der Waals surface area contributed by atoms with E-state index in [-0.39, 0.29) is 16.3 Å². The fourth-order valence-corrected chi connectivity index (χ4v) is 2.30. The third kappa shape index (κ3) is 8.23. The van der Waals surface area contributed by atoms with E-state index in [9.17, 15) is 14.4 Å². The maximum Gasteiger partial charge on any atom is 0.408 e. The van der Waals surface area contributed by atoms with Gasteiger partial charge in [-0.1, -0.05) is 43.0 Å². The van der Waals surface area contributed by atoms with Gasteiger partial charge in [0, 0.05) is 10.7 Å². The van der Waals surface area contributed by atoms with Gasteiger partial charge in [0.2, 0.25) is 5.91 Å². The maximum atomic E-state index is 12.6. The second-order valence-electron chi connectivity index (χ2n) is 7.08. The Morgan fingerprint density at radius 2 is 1.76 bits per heavy atom. The lowest BCUT2D eigenvalue weighted by Gasteiger charge is -2.22. The minimum atomic E-state index is -0.943. The molecule has 1 atom stereocenters. The highest BCUT2D eigenvalue weighted by molar-refractivity contribution is 6.36. The Morgan fingerprint density at radius 3 is 2.24 bits per heavy atom. The normalized spacial score (nSPS) is 12.7. The quantitative estimate of drug-likeness (QED) is 0.462. The molecule has 1 aromatic rings. The van der Waals surface area contributed by atoms with E-state index >= 15 is 0 Å². The molecule has 156 valence electrons. The van der Waals surface area contributed by atoms with Gasteiger partial charge in [-0.05, 0) is 45.9 Å². The Hall–Kier alpha value is -3.06. The Balaban J connectivity index is 2.96. The molecular formula is C21H26ClN3O4. The fraction of sp³-hybridized carbons (Fsp3) is 0.286. The molecule has 0 aromatic heterocycles. The first-order valence-corrected chi connectivity index (χ1v) is 9.20. The summed E-state index contributed by atoms with van der Waals surface area (Å²) in [5.41, 5.74) is -0.155. The van der Waals surface area contributed by atoms with E-state index in [2.05, 4.69) is 29.1 Å². The number of carbonyl (C=O) groups is 3. The zero-order valence-electron chi connectivity index (χ0n) is 17.0. The molecule has 0 aliphatic carbocycles. The van der Waals surface area contributed by atoms with Crippen molar-refractivity contribution in [3.63, 3.8) is 0 Å². The first kappa shape index (κ1) is 24.0. The summed E-state index contributed by atoms with van der Waals surface area (Å²) in [6.45, 7) is 13.8. The van der Waals surface area contributed by atoms with Crippen LogP contribution in [0.5, 0.6) is 0 Å². The number of halogens is 1. The molecule has 0 spiro atoms. The average molecular weight is 420 g/mol. The number of amides is 3. The topological polar surface area (TPSA) is 96.5 Å². The Labute approximate surface area is 175 Å². The van der Waals surface area contributed by atoms with Crippen molar-refractivity contribution in [1.29, 1.82) is 0 Å². The van der Waals surface area contributed by atoms with Crippen molar-refractivity contribution in [2.75, 3.05) is 5.32 Å². The van der Waals surface area contributed by atoms with Gasteiger partial charge in [-0.3, -0.25) is 9.59 Å². The largest absolute Gasteiger partial charge is 0.444 e. The highest BCUT2D eigenvalue weighted by atomic mass is 35.5. The third-order valence-electron chi connectivity index (χ3n) is 3.39. The molecular weight excluding hydrogens is 394 g/mol. The molecule has 3 amide bonds. The van der Waals surface area contributed by atoms with Gasteiger partial charge in [-0.15, -0.1) is 0 Å². The van der Waals surface area contributed by atoms with Crippen LogP contribution < -0.4 is 16.0 Å². The van der Waals surface area contributed by atoms with Gasteiger partial charge >= 0.3 is 6.09 Å². The molecule has 0 radical (unpaired) electrons. The monoisotopic (exact) mass is 419 g/mol. The van der Waals surface area contributed by atoms with Crippen molar-refractivity contribution in [2.45, 2.75) is 39.3 Å². The molecule has 29 heavy (non-hydrogen) atoms. The molecule has 0 saturated carbocycles. The minimum Gasteiger partial charge on any atom is -0.444 e. The highest BCUT2D eigenvalue weighted by Gasteiger charge is 2.23. The van der Waals surface area contributed by atoms with Crippen molar-refractivity contribution in [3.05, 3.63) is 65.9 Å². The van der Waals surface area contributed by atoms with Crippen molar-refractivity contribution in [1.82, 2.24) is 10.6 Å². The minimum absolute atomic E-state index is 0.0525. The van der Waals surface area contributed by atoms with E-state index in [0.29, 0.717) is 5.69 Å². The smallest absolute Gasteiger partial charge is 0.408 e. The number of allylic oxidation sites excluding steroid dienone is 1. The summed E-state index contributed by atoms with van der Waals surface area (Å²) in [6.07, 6.45) is 0.527. The van der Waals surface area contributed by atoms with Gasteiger partial charge in [0.15, 0.2) is 0 Å². The van der Waals surface area contributed by atoms with Gasteiger partial charge in [0.1, 0.15) is 11.6 Å². The van der Waals surface area contributed by atoms with Gasteiger partial charge in [-0.2, -0.15) is 0 Å². The first-order valence-electron chi connectivity index (χ1n) is 8.83. The Bertz CT molecular complexity index is 826. The second-order valence-corrected chi connectivity index (χ2v) is 7.53. The molecule has 0 fully saturated rings. The molecule has 0 aliphatic rings. The molecule has 8 heteroatoms. The lowest BCUT2D eigenvalue weighted by Crippen LogP contribution is -2.46. The van der Waals surface area contributed by atoms with Crippen LogP contribution in [0.4, 0.5) is 10.5 Å². The summed E-state index contributed by atoms with van der Waals surface area (Å²) in [5.74, 6) is -1.16. The number of benzene rings is 1. The van der Waals surface area contributed by atoms with Crippen LogP contribution in [0.15, 0.2) is 65.9 Å². The summed E-state index contributed by atoms with van der Waals surface area (Å²) in [4.78, 5) is 36.9. The van der Waals surface area contributed by atoms with Gasteiger partial charge in [-0.25, -0.2) is 4.79 Å². The number of para-hydroxylation sites is 1. The van der Waals surface area contributed by atoms with Crippen LogP contribution in [0.2, 0.25) is 0 Å². The van der Waals surface area contributed by atoms with Crippen LogP contribution in [0.1, 0.15) is 27.7 Å². The number of anilines is 1. The van der Waals surface area contributed by atoms with Crippen molar-refractivity contribution >= 4 is 35.2 Å². The highest BCUT2D eigenvalue weighted by Crippen LogP contribution is 2.19. The predicted molar refractivity (Wildman–Crippen MR) is 114 cm³/mol. The summed E-state index contributed by atoms with van der Waals surface area (Å²) in [6, 6.07) is 7.78. The average Bonchev–Trinajstić information content (AvgIpc) is 2.59. The maximum absolute atomic E-state index is 12.6. The van der Waals surface area contributed by atoms with E-state index in [4.69, 9.17) is 16.3 Å². The first-order chi connectivity index (χ1) is 13.4. The Morgan fingerprint density at radius 1 is 1.17 bits per heavy atom. The van der Waals surface area contributed by atoms with Crippen LogP contribution in [-0.2, 0) is 14.3 Å². The molecule has 0 bridgehead atoms. The molecule has 1 rings (SSSR count). The fourth-order valence-electron chi connectivity index (χ4n) is 2.11. The van der Waals surface area contributed by atoms with E-state index in [1.165, 1.54) is 13.0 Å². The summed E-state index contributed by atoms with van der Waals surface area (Å²) in [7, 11) is 0. The third-order valence-corrected chi connectivity index (χ3v) is 3.58. The molecule has 0 aliphatic heterocycles. The van der Waals surface area contributed by atoms with Gasteiger partial charge in [0.25, 0.3) is 5.91 Å². The standard InChI is InChI=1S/C21H26ClN3O4/c1-7-16(25-18(26)14(3)23-20(28)29-21(4,5)6)17(13(2)22)19(27)24-15-11-9-8-10-12-15/h7-12,14H,1-2H2,3-6H3,(H,23,28)(H,24,27)(H,25,26). The molecule has 1 unspecified atom stereocenters. The van der Waals surface area contributed by atoms with Crippen LogP contribution in [0, 0.1) is 0 Å². The summed E-state index contributed by atoms with van der Waals surface area (Å²) >= 11 is 6.00.